The summed E-state index contributed by atoms with van der Waals surface area (Å²) in [5.74, 6) is 0.876. The molecule has 1 aromatic heterocycles. The Morgan fingerprint density at radius 2 is 2.21 bits per heavy atom. The maximum absolute atomic E-state index is 12.2. The van der Waals surface area contributed by atoms with Crippen LogP contribution in [0, 0.1) is 6.92 Å². The lowest BCUT2D eigenvalue weighted by Crippen LogP contribution is -2.40. The molecule has 1 amide bonds. The Morgan fingerprint density at radius 1 is 1.32 bits per heavy atom. The third-order valence-electron chi connectivity index (χ3n) is 5.29. The third kappa shape index (κ3) is 3.27. The van der Waals surface area contributed by atoms with E-state index in [1.165, 1.54) is 15.8 Å². The second kappa shape index (κ2) is 7.18. The summed E-state index contributed by atoms with van der Waals surface area (Å²) in [5, 5.41) is 3.97. The van der Waals surface area contributed by atoms with Crippen LogP contribution < -0.4 is 10.1 Å². The molecule has 0 radical (unpaired) electrons. The highest BCUT2D eigenvalue weighted by molar-refractivity contribution is 7.21. The van der Waals surface area contributed by atoms with Gasteiger partial charge in [-0.2, -0.15) is 0 Å². The molecule has 0 unspecified atom stereocenters. The van der Waals surface area contributed by atoms with E-state index in [1.54, 1.807) is 11.3 Å². The molecule has 5 nitrogen and oxygen atoms in total. The highest BCUT2D eigenvalue weighted by atomic mass is 32.1. The van der Waals surface area contributed by atoms with Crippen molar-refractivity contribution in [3.63, 3.8) is 0 Å². The van der Waals surface area contributed by atoms with E-state index >= 15 is 0 Å². The van der Waals surface area contributed by atoms with Crippen molar-refractivity contribution in [3.8, 4) is 16.3 Å². The smallest absolute Gasteiger partial charge is 0.249 e. The minimum atomic E-state index is -0.302. The molecule has 5 rings (SSSR count). The van der Waals surface area contributed by atoms with Gasteiger partial charge in [-0.1, -0.05) is 18.2 Å². The van der Waals surface area contributed by atoms with Gasteiger partial charge >= 0.3 is 0 Å². The van der Waals surface area contributed by atoms with E-state index in [-0.39, 0.29) is 18.1 Å². The number of nitrogens with one attached hydrogen (secondary N) is 1. The van der Waals surface area contributed by atoms with Crippen molar-refractivity contribution in [3.05, 3.63) is 47.5 Å². The molecule has 2 aliphatic rings. The van der Waals surface area contributed by atoms with Gasteiger partial charge in [0.2, 0.25) is 5.91 Å². The summed E-state index contributed by atoms with van der Waals surface area (Å²) in [7, 11) is 0. The van der Waals surface area contributed by atoms with Crippen molar-refractivity contribution < 1.29 is 14.3 Å². The van der Waals surface area contributed by atoms with Gasteiger partial charge in [0.15, 0.2) is 0 Å². The Labute approximate surface area is 167 Å². The molecule has 0 bridgehead atoms. The van der Waals surface area contributed by atoms with Gasteiger partial charge in [0.1, 0.15) is 23.0 Å². The van der Waals surface area contributed by atoms with Crippen molar-refractivity contribution >= 4 is 27.5 Å². The minimum absolute atomic E-state index is 0.0281. The number of para-hydroxylation sites is 1. The maximum Gasteiger partial charge on any atom is 0.249 e. The maximum atomic E-state index is 12.2. The Bertz CT molecular complexity index is 1010. The van der Waals surface area contributed by atoms with E-state index in [1.807, 2.05) is 18.2 Å². The van der Waals surface area contributed by atoms with Crippen LogP contribution in [0.4, 0.5) is 0 Å². The monoisotopic (exact) mass is 394 g/mol. The largest absolute Gasteiger partial charge is 0.487 e. The Morgan fingerprint density at radius 3 is 3.04 bits per heavy atom. The highest BCUT2D eigenvalue weighted by Crippen LogP contribution is 2.42. The SMILES string of the molecule is Cc1cc2c(c(-c3nc4ccccc4s3)c1)O[C@H](CNC(=O)[C@@H]1CCCO1)C2. The predicted octanol–water partition coefficient (Wildman–Crippen LogP) is 3.87. The summed E-state index contributed by atoms with van der Waals surface area (Å²) in [6, 6.07) is 12.5. The summed E-state index contributed by atoms with van der Waals surface area (Å²) in [6.45, 7) is 3.27. The van der Waals surface area contributed by atoms with Crippen molar-refractivity contribution in [2.45, 2.75) is 38.4 Å². The molecule has 1 saturated heterocycles. The molecule has 0 aliphatic carbocycles. The van der Waals surface area contributed by atoms with Crippen LogP contribution in [0.3, 0.4) is 0 Å². The molecule has 28 heavy (non-hydrogen) atoms. The summed E-state index contributed by atoms with van der Waals surface area (Å²) >= 11 is 1.68. The Kier molecular flexibility index (Phi) is 4.53. The quantitative estimate of drug-likeness (QED) is 0.730. The number of thiazole rings is 1. The zero-order valence-electron chi connectivity index (χ0n) is 15.7. The minimum Gasteiger partial charge on any atom is -0.487 e. The zero-order valence-corrected chi connectivity index (χ0v) is 16.6. The number of fused-ring (bicyclic) bond motifs is 2. The summed E-state index contributed by atoms with van der Waals surface area (Å²) in [4.78, 5) is 17.0. The zero-order chi connectivity index (χ0) is 19.1. The van der Waals surface area contributed by atoms with Gasteiger partial charge in [-0.15, -0.1) is 11.3 Å². The fraction of sp³-hybridized carbons (Fsp3) is 0.364. The van der Waals surface area contributed by atoms with Gasteiger partial charge in [0.05, 0.1) is 22.3 Å². The van der Waals surface area contributed by atoms with Crippen LogP contribution >= 0.6 is 11.3 Å². The molecule has 2 aliphatic heterocycles. The fourth-order valence-electron chi connectivity index (χ4n) is 3.97. The molecular weight excluding hydrogens is 372 g/mol. The van der Waals surface area contributed by atoms with E-state index in [9.17, 15) is 4.79 Å². The first-order valence-corrected chi connectivity index (χ1v) is 10.5. The molecule has 1 fully saturated rings. The molecule has 1 N–H and O–H groups in total. The number of rotatable bonds is 4. The normalized spacial score (nSPS) is 20.9. The van der Waals surface area contributed by atoms with Crippen molar-refractivity contribution in [1.82, 2.24) is 10.3 Å². The predicted molar refractivity (Wildman–Crippen MR) is 110 cm³/mol. The number of carbonyl (C=O) groups excluding carboxylic acids is 1. The van der Waals surface area contributed by atoms with Crippen LogP contribution in [-0.4, -0.2) is 36.3 Å². The van der Waals surface area contributed by atoms with E-state index < -0.39 is 0 Å². The first-order chi connectivity index (χ1) is 13.7. The lowest BCUT2D eigenvalue weighted by atomic mass is 10.0. The van der Waals surface area contributed by atoms with Crippen molar-refractivity contribution in [2.75, 3.05) is 13.2 Å². The van der Waals surface area contributed by atoms with Crippen molar-refractivity contribution in [1.29, 1.82) is 0 Å². The molecular formula is C22H22N2O3S. The second-order valence-corrected chi connectivity index (χ2v) is 8.51. The summed E-state index contributed by atoms with van der Waals surface area (Å²) < 4.78 is 12.9. The van der Waals surface area contributed by atoms with Crippen LogP contribution in [-0.2, 0) is 16.0 Å². The average Bonchev–Trinajstić information content (AvgIpc) is 3.43. The molecule has 3 heterocycles. The van der Waals surface area contributed by atoms with Crippen LogP contribution in [0.1, 0.15) is 24.0 Å². The molecule has 0 saturated carbocycles. The number of benzene rings is 2. The Hall–Kier alpha value is -2.44. The van der Waals surface area contributed by atoms with Crippen LogP contribution in [0.25, 0.3) is 20.8 Å². The molecule has 2 aromatic carbocycles. The Balaban J connectivity index is 1.36. The number of amides is 1. The van der Waals surface area contributed by atoms with Crippen LogP contribution in [0.15, 0.2) is 36.4 Å². The number of ether oxygens (including phenoxy) is 2. The van der Waals surface area contributed by atoms with Crippen molar-refractivity contribution in [2.24, 2.45) is 0 Å². The van der Waals surface area contributed by atoms with Gasteiger partial charge in [-0.3, -0.25) is 4.79 Å². The second-order valence-electron chi connectivity index (χ2n) is 7.48. The molecule has 2 atom stereocenters. The van der Waals surface area contributed by atoms with E-state index in [2.05, 4.69) is 30.4 Å². The number of hydrogen-bond donors (Lipinski definition) is 1. The number of carbonyl (C=O) groups is 1. The van der Waals surface area contributed by atoms with E-state index in [4.69, 9.17) is 14.5 Å². The first kappa shape index (κ1) is 17.6. The summed E-state index contributed by atoms with van der Waals surface area (Å²) in [6.07, 6.45) is 2.19. The number of aryl methyl sites for hydroxylation is 1. The molecule has 0 spiro atoms. The average molecular weight is 394 g/mol. The van der Waals surface area contributed by atoms with Crippen LogP contribution in [0.2, 0.25) is 0 Å². The van der Waals surface area contributed by atoms with Gasteiger partial charge in [0.25, 0.3) is 0 Å². The number of hydrogen-bond acceptors (Lipinski definition) is 5. The molecule has 6 heteroatoms. The van der Waals surface area contributed by atoms with Gasteiger partial charge in [-0.25, -0.2) is 4.98 Å². The van der Waals surface area contributed by atoms with Crippen LogP contribution in [0.5, 0.6) is 5.75 Å². The first-order valence-electron chi connectivity index (χ1n) is 9.73. The highest BCUT2D eigenvalue weighted by Gasteiger charge is 2.29. The molecule has 144 valence electrons. The molecule has 3 aromatic rings. The van der Waals surface area contributed by atoms with E-state index in [0.717, 1.165) is 41.1 Å². The van der Waals surface area contributed by atoms with Gasteiger partial charge < -0.3 is 14.8 Å². The van der Waals surface area contributed by atoms with Gasteiger partial charge in [0, 0.05) is 13.0 Å². The lowest BCUT2D eigenvalue weighted by molar-refractivity contribution is -0.130. The number of nitrogens with zero attached hydrogens (tertiary/aromatic N) is 1. The fourth-order valence-corrected chi connectivity index (χ4v) is 4.94. The van der Waals surface area contributed by atoms with Gasteiger partial charge in [-0.05, 0) is 49.1 Å². The lowest BCUT2D eigenvalue weighted by Gasteiger charge is -2.15. The third-order valence-corrected chi connectivity index (χ3v) is 6.36. The standard InChI is InChI=1S/C22H22N2O3S/c1-13-9-14-11-15(12-23-21(25)18-6-4-8-26-18)27-20(14)16(10-13)22-24-17-5-2-3-7-19(17)28-22/h2-3,5,7,9-10,15,18H,4,6,8,11-12H2,1H3,(H,23,25)/t15-,18-/m0/s1. The summed E-state index contributed by atoms with van der Waals surface area (Å²) in [5.41, 5.74) is 4.44. The topological polar surface area (TPSA) is 60.5 Å². The van der Waals surface area contributed by atoms with E-state index in [0.29, 0.717) is 13.2 Å². The number of aromatic nitrogens is 1.